The molecule has 0 radical (unpaired) electrons. The van der Waals surface area contributed by atoms with Crippen molar-refractivity contribution in [3.63, 3.8) is 0 Å². The van der Waals surface area contributed by atoms with E-state index in [9.17, 15) is 9.90 Å². The van der Waals surface area contributed by atoms with Crippen LogP contribution in [0.2, 0.25) is 0 Å². The molecule has 1 fully saturated rings. The van der Waals surface area contributed by atoms with Crippen LogP contribution in [0.25, 0.3) is 17.1 Å². The van der Waals surface area contributed by atoms with E-state index in [-0.39, 0.29) is 17.2 Å². The van der Waals surface area contributed by atoms with Crippen molar-refractivity contribution in [1.82, 2.24) is 19.5 Å². The maximum atomic E-state index is 12.9. The third-order valence-corrected chi connectivity index (χ3v) is 5.53. The predicted molar refractivity (Wildman–Crippen MR) is 113 cm³/mol. The molecule has 1 saturated carbocycles. The Labute approximate surface area is 170 Å². The smallest absolute Gasteiger partial charge is 0.261 e. The van der Waals surface area contributed by atoms with E-state index in [0.717, 1.165) is 46.9 Å². The highest BCUT2D eigenvalue weighted by molar-refractivity contribution is 5.64. The fourth-order valence-electron chi connectivity index (χ4n) is 3.57. The number of aryl methyl sites for hydroxylation is 2. The van der Waals surface area contributed by atoms with E-state index >= 15 is 0 Å². The van der Waals surface area contributed by atoms with Crippen LogP contribution in [0.5, 0.6) is 5.75 Å². The highest BCUT2D eigenvalue weighted by atomic mass is 16.3. The summed E-state index contributed by atoms with van der Waals surface area (Å²) in [5, 5.41) is 10.00. The summed E-state index contributed by atoms with van der Waals surface area (Å²) in [6, 6.07) is 3.55. The molecule has 0 amide bonds. The molecule has 150 valence electrons. The Hall–Kier alpha value is -3.02. The summed E-state index contributed by atoms with van der Waals surface area (Å²) in [4.78, 5) is 26.9. The van der Waals surface area contributed by atoms with Gasteiger partial charge < -0.3 is 5.11 Å². The van der Waals surface area contributed by atoms with Crippen LogP contribution in [0.1, 0.15) is 66.7 Å². The molecule has 0 atom stereocenters. The van der Waals surface area contributed by atoms with Crippen LogP contribution in [0.3, 0.4) is 0 Å². The molecule has 4 rings (SSSR count). The normalized spacial score (nSPS) is 13.9. The molecule has 1 N–H and O–H groups in total. The van der Waals surface area contributed by atoms with E-state index in [4.69, 9.17) is 4.98 Å². The molecule has 0 bridgehead atoms. The molecule has 3 aromatic heterocycles. The standard InChI is InChI=1S/C23H26N4O2/c1-12(2)22-25-11-17(16-6-7-16)21(26-22)18-9-19(13(3)10-24-18)27-14(4)8-20(28)15(5)23(27)29/h8-12,16,28H,6-7H2,1-5H3. The van der Waals surface area contributed by atoms with Crippen LogP contribution in [-0.4, -0.2) is 24.6 Å². The van der Waals surface area contributed by atoms with Crippen molar-refractivity contribution in [3.05, 3.63) is 63.1 Å². The summed E-state index contributed by atoms with van der Waals surface area (Å²) in [6.07, 6.45) is 6.02. The molecule has 6 nitrogen and oxygen atoms in total. The number of hydrogen-bond donors (Lipinski definition) is 1. The molecule has 0 aliphatic heterocycles. The van der Waals surface area contributed by atoms with Gasteiger partial charge in [-0.2, -0.15) is 0 Å². The Bertz CT molecular complexity index is 1160. The van der Waals surface area contributed by atoms with E-state index < -0.39 is 0 Å². The van der Waals surface area contributed by atoms with Crippen molar-refractivity contribution in [1.29, 1.82) is 0 Å². The van der Waals surface area contributed by atoms with E-state index in [0.29, 0.717) is 17.2 Å². The fourth-order valence-corrected chi connectivity index (χ4v) is 3.57. The maximum Gasteiger partial charge on any atom is 0.261 e. The average Bonchev–Trinajstić information content (AvgIpc) is 3.52. The second-order valence-electron chi connectivity index (χ2n) is 8.25. The van der Waals surface area contributed by atoms with Crippen molar-refractivity contribution in [2.24, 2.45) is 0 Å². The summed E-state index contributed by atoms with van der Waals surface area (Å²) < 4.78 is 1.64. The topological polar surface area (TPSA) is 80.9 Å². The fraction of sp³-hybridized carbons (Fsp3) is 0.391. The number of hydrogen-bond acceptors (Lipinski definition) is 5. The van der Waals surface area contributed by atoms with Crippen LogP contribution in [0, 0.1) is 20.8 Å². The molecule has 1 aliphatic rings. The van der Waals surface area contributed by atoms with Gasteiger partial charge in [-0.3, -0.25) is 14.3 Å². The van der Waals surface area contributed by atoms with E-state index in [2.05, 4.69) is 23.8 Å². The van der Waals surface area contributed by atoms with Crippen molar-refractivity contribution in [2.45, 2.75) is 59.3 Å². The predicted octanol–water partition coefficient (Wildman–Crippen LogP) is 4.32. The molecule has 0 aromatic carbocycles. The van der Waals surface area contributed by atoms with Crippen LogP contribution < -0.4 is 5.56 Å². The Kier molecular flexibility index (Phi) is 4.73. The summed E-state index contributed by atoms with van der Waals surface area (Å²) in [6.45, 7) is 9.53. The van der Waals surface area contributed by atoms with Gasteiger partial charge in [-0.05, 0) is 51.2 Å². The zero-order valence-electron chi connectivity index (χ0n) is 17.5. The lowest BCUT2D eigenvalue weighted by Gasteiger charge is -2.16. The van der Waals surface area contributed by atoms with Crippen LogP contribution in [-0.2, 0) is 0 Å². The Morgan fingerprint density at radius 2 is 1.83 bits per heavy atom. The Morgan fingerprint density at radius 1 is 1.10 bits per heavy atom. The van der Waals surface area contributed by atoms with Gasteiger partial charge in [-0.25, -0.2) is 9.97 Å². The molecule has 29 heavy (non-hydrogen) atoms. The number of pyridine rings is 2. The highest BCUT2D eigenvalue weighted by Gasteiger charge is 2.29. The minimum absolute atomic E-state index is 0.0177. The number of nitrogens with zero attached hydrogens (tertiary/aromatic N) is 4. The molecule has 0 saturated heterocycles. The molecule has 0 spiro atoms. The van der Waals surface area contributed by atoms with Gasteiger partial charge >= 0.3 is 0 Å². The monoisotopic (exact) mass is 390 g/mol. The first-order valence-electron chi connectivity index (χ1n) is 10.0. The largest absolute Gasteiger partial charge is 0.507 e. The molecule has 1 aliphatic carbocycles. The molecule has 3 heterocycles. The first-order valence-corrected chi connectivity index (χ1v) is 10.0. The second-order valence-corrected chi connectivity index (χ2v) is 8.25. The Morgan fingerprint density at radius 3 is 2.48 bits per heavy atom. The minimum atomic E-state index is -0.226. The van der Waals surface area contributed by atoms with E-state index in [1.165, 1.54) is 0 Å². The van der Waals surface area contributed by atoms with E-state index in [1.54, 1.807) is 23.8 Å². The number of aromatic hydroxyl groups is 1. The van der Waals surface area contributed by atoms with Crippen LogP contribution >= 0.6 is 0 Å². The first kappa shape index (κ1) is 19.3. The first-order chi connectivity index (χ1) is 13.8. The van der Waals surface area contributed by atoms with E-state index in [1.807, 2.05) is 26.1 Å². The summed E-state index contributed by atoms with van der Waals surface area (Å²) >= 11 is 0. The lowest BCUT2D eigenvalue weighted by molar-refractivity contribution is 0.467. The minimum Gasteiger partial charge on any atom is -0.507 e. The average molecular weight is 390 g/mol. The summed E-state index contributed by atoms with van der Waals surface area (Å²) in [7, 11) is 0. The number of aromatic nitrogens is 4. The quantitative estimate of drug-likeness (QED) is 0.717. The van der Waals surface area contributed by atoms with Gasteiger partial charge in [-0.15, -0.1) is 0 Å². The SMILES string of the molecule is Cc1cnc(-c2nc(C(C)C)ncc2C2CC2)cc1-n1c(C)cc(O)c(C)c1=O. The van der Waals surface area contributed by atoms with Gasteiger partial charge in [0.25, 0.3) is 5.56 Å². The highest BCUT2D eigenvalue weighted by Crippen LogP contribution is 2.43. The second kappa shape index (κ2) is 7.10. The molecular formula is C23H26N4O2. The zero-order valence-corrected chi connectivity index (χ0v) is 17.5. The number of rotatable bonds is 4. The van der Waals surface area contributed by atoms with Gasteiger partial charge in [0, 0.05) is 35.6 Å². The molecule has 0 unspecified atom stereocenters. The Balaban J connectivity index is 1.93. The van der Waals surface area contributed by atoms with Crippen molar-refractivity contribution >= 4 is 0 Å². The third kappa shape index (κ3) is 3.43. The van der Waals surface area contributed by atoms with Crippen molar-refractivity contribution in [3.8, 4) is 22.8 Å². The molecule has 3 aromatic rings. The van der Waals surface area contributed by atoms with Crippen LogP contribution in [0.15, 0.2) is 29.3 Å². The summed E-state index contributed by atoms with van der Waals surface area (Å²) in [5.41, 5.74) is 5.14. The molecule has 6 heteroatoms. The maximum absolute atomic E-state index is 12.9. The van der Waals surface area contributed by atoms with Gasteiger partial charge in [0.2, 0.25) is 0 Å². The molecular weight excluding hydrogens is 364 g/mol. The van der Waals surface area contributed by atoms with Crippen molar-refractivity contribution < 1.29 is 5.11 Å². The lowest BCUT2D eigenvalue weighted by Crippen LogP contribution is -2.23. The third-order valence-electron chi connectivity index (χ3n) is 5.53. The van der Waals surface area contributed by atoms with Crippen molar-refractivity contribution in [2.75, 3.05) is 0 Å². The summed E-state index contributed by atoms with van der Waals surface area (Å²) in [5.74, 6) is 1.51. The van der Waals surface area contributed by atoms with Gasteiger partial charge in [0.15, 0.2) is 0 Å². The zero-order chi connectivity index (χ0) is 20.9. The van der Waals surface area contributed by atoms with Gasteiger partial charge in [0.05, 0.1) is 22.6 Å². The lowest BCUT2D eigenvalue weighted by atomic mass is 10.1. The van der Waals surface area contributed by atoms with Gasteiger partial charge in [-0.1, -0.05) is 13.8 Å². The van der Waals surface area contributed by atoms with Crippen LogP contribution in [0.4, 0.5) is 0 Å². The van der Waals surface area contributed by atoms with Gasteiger partial charge in [0.1, 0.15) is 11.6 Å².